The molecule has 1 aromatic carbocycles. The molecular weight excluding hydrogens is 247 g/mol. The van der Waals surface area contributed by atoms with Gasteiger partial charge in [-0.25, -0.2) is 4.39 Å². The summed E-state index contributed by atoms with van der Waals surface area (Å²) in [5.74, 6) is -0.270. The zero-order chi connectivity index (χ0) is 13.7. The van der Waals surface area contributed by atoms with Crippen molar-refractivity contribution in [3.63, 3.8) is 0 Å². The van der Waals surface area contributed by atoms with Crippen LogP contribution in [0.15, 0.2) is 18.2 Å². The average molecular weight is 266 g/mol. The predicted molar refractivity (Wildman–Crippen MR) is 70.5 cm³/mol. The maximum Gasteiger partial charge on any atom is 0.239 e. The highest BCUT2D eigenvalue weighted by Gasteiger charge is 2.20. The first kappa shape index (κ1) is 14.0. The fourth-order valence-corrected chi connectivity index (χ4v) is 2.12. The van der Waals surface area contributed by atoms with Crippen LogP contribution in [0.2, 0.25) is 0 Å². The molecular formula is C14H19FN2O2. The zero-order valence-electron chi connectivity index (χ0n) is 11.0. The van der Waals surface area contributed by atoms with Crippen LogP contribution in [-0.4, -0.2) is 38.3 Å². The molecule has 4 nitrogen and oxygen atoms in total. The van der Waals surface area contributed by atoms with Gasteiger partial charge in [-0.05, 0) is 36.6 Å². The Labute approximate surface area is 112 Å². The van der Waals surface area contributed by atoms with Crippen molar-refractivity contribution in [3.8, 4) is 0 Å². The third-order valence-corrected chi connectivity index (χ3v) is 3.24. The zero-order valence-corrected chi connectivity index (χ0v) is 11.0. The number of amides is 1. The maximum absolute atomic E-state index is 12.9. The molecule has 1 unspecified atom stereocenters. The Bertz CT molecular complexity index is 445. The van der Waals surface area contributed by atoms with Crippen molar-refractivity contribution >= 4 is 5.91 Å². The van der Waals surface area contributed by atoms with Crippen molar-refractivity contribution in [2.24, 2.45) is 0 Å². The highest BCUT2D eigenvalue weighted by molar-refractivity contribution is 5.81. The molecule has 0 bridgehead atoms. The molecule has 2 rings (SSSR count). The highest BCUT2D eigenvalue weighted by atomic mass is 19.1. The molecule has 1 fully saturated rings. The van der Waals surface area contributed by atoms with Gasteiger partial charge in [0.05, 0.1) is 13.2 Å². The van der Waals surface area contributed by atoms with E-state index >= 15 is 0 Å². The largest absolute Gasteiger partial charge is 0.378 e. The number of carbonyl (C=O) groups excluding carboxylic acids is 1. The van der Waals surface area contributed by atoms with Crippen LogP contribution in [0, 0.1) is 12.7 Å². The van der Waals surface area contributed by atoms with Crippen LogP contribution in [0.25, 0.3) is 0 Å². The predicted octanol–water partition coefficient (Wildman–Crippen LogP) is 0.781. The van der Waals surface area contributed by atoms with E-state index in [4.69, 9.17) is 4.74 Å². The van der Waals surface area contributed by atoms with Gasteiger partial charge in [0.2, 0.25) is 5.91 Å². The molecule has 0 spiro atoms. The van der Waals surface area contributed by atoms with Crippen molar-refractivity contribution in [1.29, 1.82) is 0 Å². The number of rotatable bonds is 4. The minimum absolute atomic E-state index is 0.0422. The van der Waals surface area contributed by atoms with Crippen LogP contribution in [0.5, 0.6) is 0 Å². The van der Waals surface area contributed by atoms with E-state index < -0.39 is 0 Å². The van der Waals surface area contributed by atoms with Crippen LogP contribution in [-0.2, 0) is 16.0 Å². The van der Waals surface area contributed by atoms with Gasteiger partial charge < -0.3 is 15.4 Å². The van der Waals surface area contributed by atoms with Crippen LogP contribution in [0.4, 0.5) is 4.39 Å². The van der Waals surface area contributed by atoms with Crippen molar-refractivity contribution in [2.75, 3.05) is 26.3 Å². The summed E-state index contributed by atoms with van der Waals surface area (Å²) >= 11 is 0. The Balaban J connectivity index is 1.78. The number of carbonyl (C=O) groups is 1. The Morgan fingerprint density at radius 1 is 1.58 bits per heavy atom. The molecule has 104 valence electrons. The van der Waals surface area contributed by atoms with Crippen molar-refractivity contribution in [3.05, 3.63) is 35.1 Å². The van der Waals surface area contributed by atoms with Crippen molar-refractivity contribution in [1.82, 2.24) is 10.6 Å². The number of halogens is 1. The third-order valence-electron chi connectivity index (χ3n) is 3.24. The molecule has 19 heavy (non-hydrogen) atoms. The molecule has 1 atom stereocenters. The number of nitrogens with one attached hydrogen (secondary N) is 2. The number of aryl methyl sites for hydroxylation is 1. The lowest BCUT2D eigenvalue weighted by atomic mass is 10.1. The first-order valence-electron chi connectivity index (χ1n) is 6.50. The number of morpholine rings is 1. The van der Waals surface area contributed by atoms with Crippen molar-refractivity contribution < 1.29 is 13.9 Å². The Morgan fingerprint density at radius 3 is 3.11 bits per heavy atom. The Hall–Kier alpha value is -1.46. The van der Waals surface area contributed by atoms with E-state index in [1.165, 1.54) is 12.1 Å². The monoisotopic (exact) mass is 266 g/mol. The number of hydrogen-bond donors (Lipinski definition) is 2. The molecule has 1 aliphatic rings. The van der Waals surface area contributed by atoms with Gasteiger partial charge in [-0.15, -0.1) is 0 Å². The summed E-state index contributed by atoms with van der Waals surface area (Å²) in [7, 11) is 0. The summed E-state index contributed by atoms with van der Waals surface area (Å²) in [6.45, 7) is 4.19. The quantitative estimate of drug-likeness (QED) is 0.847. The molecule has 1 aromatic rings. The summed E-state index contributed by atoms with van der Waals surface area (Å²) in [5, 5.41) is 5.97. The summed E-state index contributed by atoms with van der Waals surface area (Å²) < 4.78 is 18.2. The number of ether oxygens (including phenoxy) is 1. The van der Waals surface area contributed by atoms with E-state index in [0.29, 0.717) is 32.7 Å². The number of benzene rings is 1. The van der Waals surface area contributed by atoms with Crippen LogP contribution >= 0.6 is 0 Å². The fraction of sp³-hybridized carbons (Fsp3) is 0.500. The molecule has 1 saturated heterocycles. The lowest BCUT2D eigenvalue weighted by Crippen LogP contribution is -2.51. The van der Waals surface area contributed by atoms with Crippen LogP contribution in [0.3, 0.4) is 0 Å². The van der Waals surface area contributed by atoms with Gasteiger partial charge in [-0.1, -0.05) is 6.07 Å². The SMILES string of the molecule is Cc1cc(F)ccc1CCNC(=O)C1COCCN1. The van der Waals surface area contributed by atoms with Gasteiger partial charge in [0, 0.05) is 13.1 Å². The van der Waals surface area contributed by atoms with Crippen LogP contribution < -0.4 is 10.6 Å². The van der Waals surface area contributed by atoms with E-state index in [1.54, 1.807) is 6.07 Å². The second kappa shape index (κ2) is 6.63. The lowest BCUT2D eigenvalue weighted by Gasteiger charge is -2.22. The van der Waals surface area contributed by atoms with Crippen LogP contribution in [0.1, 0.15) is 11.1 Å². The Kier molecular flexibility index (Phi) is 4.87. The first-order chi connectivity index (χ1) is 9.16. The van der Waals surface area contributed by atoms with Gasteiger partial charge in [-0.3, -0.25) is 4.79 Å². The van der Waals surface area contributed by atoms with Crippen molar-refractivity contribution in [2.45, 2.75) is 19.4 Å². The van der Waals surface area contributed by atoms with Gasteiger partial charge in [-0.2, -0.15) is 0 Å². The second-order valence-corrected chi connectivity index (χ2v) is 4.69. The molecule has 5 heteroatoms. The van der Waals surface area contributed by atoms with E-state index in [-0.39, 0.29) is 17.8 Å². The molecule has 2 N–H and O–H groups in total. The molecule has 1 amide bonds. The summed E-state index contributed by atoms with van der Waals surface area (Å²) in [4.78, 5) is 11.8. The smallest absolute Gasteiger partial charge is 0.239 e. The van der Waals surface area contributed by atoms with E-state index in [1.807, 2.05) is 6.92 Å². The number of hydrogen-bond acceptors (Lipinski definition) is 3. The fourth-order valence-electron chi connectivity index (χ4n) is 2.12. The summed E-state index contributed by atoms with van der Waals surface area (Å²) in [6.07, 6.45) is 0.700. The minimum Gasteiger partial charge on any atom is -0.378 e. The molecule has 1 aliphatic heterocycles. The van der Waals surface area contributed by atoms with E-state index in [0.717, 1.165) is 11.1 Å². The standard InChI is InChI=1S/C14H19FN2O2/c1-10-8-12(15)3-2-11(10)4-5-17-14(18)13-9-19-7-6-16-13/h2-3,8,13,16H,4-7,9H2,1H3,(H,17,18). The highest BCUT2D eigenvalue weighted by Crippen LogP contribution is 2.10. The second-order valence-electron chi connectivity index (χ2n) is 4.69. The van der Waals surface area contributed by atoms with Gasteiger partial charge in [0.25, 0.3) is 0 Å². The lowest BCUT2D eigenvalue weighted by molar-refractivity contribution is -0.125. The Morgan fingerprint density at radius 2 is 2.42 bits per heavy atom. The molecule has 1 heterocycles. The topological polar surface area (TPSA) is 50.4 Å². The summed E-state index contributed by atoms with van der Waals surface area (Å²) in [6, 6.07) is 4.45. The van der Waals surface area contributed by atoms with Gasteiger partial charge in [0.15, 0.2) is 0 Å². The third kappa shape index (κ3) is 4.01. The first-order valence-corrected chi connectivity index (χ1v) is 6.50. The molecule has 0 radical (unpaired) electrons. The normalized spacial score (nSPS) is 19.2. The molecule has 0 aromatic heterocycles. The maximum atomic E-state index is 12.9. The van der Waals surface area contributed by atoms with E-state index in [9.17, 15) is 9.18 Å². The minimum atomic E-state index is -0.261. The average Bonchev–Trinajstić information content (AvgIpc) is 2.42. The van der Waals surface area contributed by atoms with E-state index in [2.05, 4.69) is 10.6 Å². The molecule has 0 saturated carbocycles. The molecule has 0 aliphatic carbocycles. The van der Waals surface area contributed by atoms with Gasteiger partial charge in [0.1, 0.15) is 11.9 Å². The van der Waals surface area contributed by atoms with Gasteiger partial charge >= 0.3 is 0 Å². The summed E-state index contributed by atoms with van der Waals surface area (Å²) in [5.41, 5.74) is 1.96.